The van der Waals surface area contributed by atoms with Gasteiger partial charge in [-0.15, -0.1) is 6.58 Å². The van der Waals surface area contributed by atoms with E-state index in [-0.39, 0.29) is 16.7 Å². The number of nitrogens with zero attached hydrogens (tertiary/aromatic N) is 2. The molecule has 1 aliphatic heterocycles. The average Bonchev–Trinajstić information content (AvgIpc) is 3.06. The Morgan fingerprint density at radius 3 is 2.87 bits per heavy atom. The molecule has 3 atom stereocenters. The van der Waals surface area contributed by atoms with Gasteiger partial charge in [0.1, 0.15) is 0 Å². The molecule has 30 heavy (non-hydrogen) atoms. The molecule has 4 heteroatoms. The van der Waals surface area contributed by atoms with Gasteiger partial charge >= 0.3 is 0 Å². The molecule has 0 aromatic heterocycles. The van der Waals surface area contributed by atoms with E-state index in [1.54, 1.807) is 33.9 Å². The SMILES string of the molecule is C=CCN1C(=O)CSC1=NC[C@]1(C)CCC[C@]2(C)c3ccc(C(C)C)cc3CC[C@@H]12. The molecule has 1 saturated heterocycles. The summed E-state index contributed by atoms with van der Waals surface area (Å²) in [5.41, 5.74) is 5.03. The normalized spacial score (nSPS) is 32.4. The van der Waals surface area contributed by atoms with Gasteiger partial charge in [-0.3, -0.25) is 14.7 Å². The maximum Gasteiger partial charge on any atom is 0.239 e. The lowest BCUT2D eigenvalue weighted by Gasteiger charge is -2.55. The maximum atomic E-state index is 12.2. The van der Waals surface area contributed by atoms with Gasteiger partial charge in [0.15, 0.2) is 5.17 Å². The van der Waals surface area contributed by atoms with E-state index in [2.05, 4.69) is 52.5 Å². The average molecular weight is 425 g/mol. The molecule has 0 spiro atoms. The summed E-state index contributed by atoms with van der Waals surface area (Å²) < 4.78 is 0. The van der Waals surface area contributed by atoms with Crippen LogP contribution in [0.3, 0.4) is 0 Å². The van der Waals surface area contributed by atoms with E-state index in [0.717, 1.165) is 11.7 Å². The summed E-state index contributed by atoms with van der Waals surface area (Å²) in [7, 11) is 0. The Morgan fingerprint density at radius 2 is 2.13 bits per heavy atom. The van der Waals surface area contributed by atoms with Gasteiger partial charge in [-0.1, -0.05) is 70.2 Å². The van der Waals surface area contributed by atoms with Gasteiger partial charge in [-0.25, -0.2) is 0 Å². The van der Waals surface area contributed by atoms with Gasteiger partial charge < -0.3 is 0 Å². The molecule has 3 aliphatic rings. The first-order valence-electron chi connectivity index (χ1n) is 11.5. The first kappa shape index (κ1) is 21.7. The molecular formula is C26H36N2OS. The molecule has 1 saturated carbocycles. The zero-order valence-corrected chi connectivity index (χ0v) is 19.9. The predicted molar refractivity (Wildman–Crippen MR) is 128 cm³/mol. The third-order valence-electron chi connectivity index (χ3n) is 7.91. The Bertz CT molecular complexity index is 876. The Labute approximate surface area is 186 Å². The molecule has 1 amide bonds. The van der Waals surface area contributed by atoms with E-state index in [9.17, 15) is 4.79 Å². The van der Waals surface area contributed by atoms with Crippen LogP contribution in [0.5, 0.6) is 0 Å². The Balaban J connectivity index is 1.61. The van der Waals surface area contributed by atoms with Crippen LogP contribution >= 0.6 is 11.8 Å². The lowest BCUT2D eigenvalue weighted by atomic mass is 9.50. The summed E-state index contributed by atoms with van der Waals surface area (Å²) in [5.74, 6) is 1.88. The van der Waals surface area contributed by atoms with Gasteiger partial charge in [0.2, 0.25) is 5.91 Å². The lowest BCUT2D eigenvalue weighted by molar-refractivity contribution is -0.123. The topological polar surface area (TPSA) is 32.7 Å². The summed E-state index contributed by atoms with van der Waals surface area (Å²) in [6, 6.07) is 7.27. The van der Waals surface area contributed by atoms with Gasteiger partial charge in [0.25, 0.3) is 0 Å². The molecule has 0 unspecified atom stereocenters. The van der Waals surface area contributed by atoms with Gasteiger partial charge in [0.05, 0.1) is 5.75 Å². The van der Waals surface area contributed by atoms with Crippen molar-refractivity contribution >= 4 is 22.8 Å². The van der Waals surface area contributed by atoms with E-state index < -0.39 is 0 Å². The van der Waals surface area contributed by atoms with Crippen molar-refractivity contribution < 1.29 is 4.79 Å². The van der Waals surface area contributed by atoms with Crippen LogP contribution in [-0.4, -0.2) is 34.8 Å². The Morgan fingerprint density at radius 1 is 1.33 bits per heavy atom. The molecule has 2 fully saturated rings. The Hall–Kier alpha value is -1.55. The quantitative estimate of drug-likeness (QED) is 0.548. The van der Waals surface area contributed by atoms with E-state index in [4.69, 9.17) is 4.99 Å². The summed E-state index contributed by atoms with van der Waals surface area (Å²) in [6.07, 6.45) is 7.97. The fourth-order valence-electron chi connectivity index (χ4n) is 6.27. The zero-order chi connectivity index (χ0) is 21.5. The number of rotatable bonds is 5. The number of amidine groups is 1. The second kappa shape index (κ2) is 8.18. The largest absolute Gasteiger partial charge is 0.287 e. The second-order valence-electron chi connectivity index (χ2n) is 10.3. The first-order valence-corrected chi connectivity index (χ1v) is 12.5. The van der Waals surface area contributed by atoms with Gasteiger partial charge in [-0.2, -0.15) is 0 Å². The molecule has 1 aromatic carbocycles. The van der Waals surface area contributed by atoms with Crippen molar-refractivity contribution in [3.05, 3.63) is 47.5 Å². The van der Waals surface area contributed by atoms with Crippen molar-refractivity contribution in [3.63, 3.8) is 0 Å². The second-order valence-corrected chi connectivity index (χ2v) is 11.2. The fraction of sp³-hybridized carbons (Fsp3) is 0.615. The number of carbonyl (C=O) groups excluding carboxylic acids is 1. The van der Waals surface area contributed by atoms with E-state index >= 15 is 0 Å². The number of aryl methyl sites for hydroxylation is 1. The molecule has 2 aliphatic carbocycles. The smallest absolute Gasteiger partial charge is 0.239 e. The van der Waals surface area contributed by atoms with Crippen LogP contribution in [-0.2, 0) is 16.6 Å². The van der Waals surface area contributed by atoms with Crippen molar-refractivity contribution in [2.75, 3.05) is 18.8 Å². The third kappa shape index (κ3) is 3.66. The highest BCUT2D eigenvalue weighted by Gasteiger charge is 2.51. The van der Waals surface area contributed by atoms with E-state index in [1.165, 1.54) is 37.7 Å². The monoisotopic (exact) mass is 424 g/mol. The molecule has 0 radical (unpaired) electrons. The van der Waals surface area contributed by atoms with Crippen molar-refractivity contribution in [2.24, 2.45) is 16.3 Å². The molecular weight excluding hydrogens is 388 g/mol. The predicted octanol–water partition coefficient (Wildman–Crippen LogP) is 5.94. The highest BCUT2D eigenvalue weighted by molar-refractivity contribution is 8.15. The molecule has 1 heterocycles. The first-order chi connectivity index (χ1) is 14.3. The number of hydrogen-bond acceptors (Lipinski definition) is 3. The number of fused-ring (bicyclic) bond motifs is 3. The number of carbonyl (C=O) groups is 1. The van der Waals surface area contributed by atoms with Crippen LogP contribution in [0.15, 0.2) is 35.8 Å². The van der Waals surface area contributed by atoms with Crippen molar-refractivity contribution in [3.8, 4) is 0 Å². The van der Waals surface area contributed by atoms with Crippen LogP contribution in [0.25, 0.3) is 0 Å². The van der Waals surface area contributed by atoms with Gasteiger partial charge in [0, 0.05) is 13.1 Å². The highest BCUT2D eigenvalue weighted by Crippen LogP contribution is 2.57. The fourth-order valence-corrected chi connectivity index (χ4v) is 7.17. The number of benzene rings is 1. The Kier molecular flexibility index (Phi) is 5.91. The van der Waals surface area contributed by atoms with Crippen molar-refractivity contribution in [2.45, 2.75) is 71.1 Å². The molecule has 4 rings (SSSR count). The van der Waals surface area contributed by atoms with Gasteiger partial charge in [-0.05, 0) is 65.0 Å². The lowest BCUT2D eigenvalue weighted by Crippen LogP contribution is -2.50. The standard InChI is InChI=1S/C26H36N2OS/c1-6-14-28-23(29)16-30-24(28)27-17-25(4)12-7-13-26(5)21-10-8-19(18(2)3)15-20(21)9-11-22(25)26/h6,8,10,15,18,22H,1,7,9,11-14,16-17H2,2-5H3/t22-,25-,26+/m0/s1. The molecule has 0 bridgehead atoms. The molecule has 3 nitrogen and oxygen atoms in total. The van der Waals surface area contributed by atoms with Crippen molar-refractivity contribution in [1.82, 2.24) is 4.90 Å². The summed E-state index contributed by atoms with van der Waals surface area (Å²) in [4.78, 5) is 19.0. The van der Waals surface area contributed by atoms with Crippen LogP contribution in [0, 0.1) is 11.3 Å². The summed E-state index contributed by atoms with van der Waals surface area (Å²) in [6.45, 7) is 14.7. The minimum atomic E-state index is 0.157. The maximum absolute atomic E-state index is 12.2. The van der Waals surface area contributed by atoms with E-state index in [1.807, 2.05) is 0 Å². The summed E-state index contributed by atoms with van der Waals surface area (Å²) in [5, 5.41) is 0.895. The number of thioether (sulfide) groups is 1. The molecule has 1 aromatic rings. The number of aliphatic imine (C=N–C) groups is 1. The van der Waals surface area contributed by atoms with Crippen LogP contribution in [0.1, 0.15) is 76.0 Å². The number of hydrogen-bond donors (Lipinski definition) is 0. The minimum Gasteiger partial charge on any atom is -0.287 e. The minimum absolute atomic E-state index is 0.157. The van der Waals surface area contributed by atoms with Crippen LogP contribution in [0.4, 0.5) is 0 Å². The number of amides is 1. The summed E-state index contributed by atoms with van der Waals surface area (Å²) >= 11 is 1.59. The zero-order valence-electron chi connectivity index (χ0n) is 19.0. The molecule has 0 N–H and O–H groups in total. The van der Waals surface area contributed by atoms with Crippen molar-refractivity contribution in [1.29, 1.82) is 0 Å². The van der Waals surface area contributed by atoms with Crippen LogP contribution in [0.2, 0.25) is 0 Å². The van der Waals surface area contributed by atoms with E-state index in [0.29, 0.717) is 24.1 Å². The van der Waals surface area contributed by atoms with Crippen LogP contribution < -0.4 is 0 Å². The molecule has 162 valence electrons. The third-order valence-corrected chi connectivity index (χ3v) is 8.91. The highest BCUT2D eigenvalue weighted by atomic mass is 32.2.